The van der Waals surface area contributed by atoms with Crippen LogP contribution in [-0.4, -0.2) is 9.97 Å². The van der Waals surface area contributed by atoms with Crippen molar-refractivity contribution in [2.75, 3.05) is 0 Å². The third-order valence-electron chi connectivity index (χ3n) is 1.89. The summed E-state index contributed by atoms with van der Waals surface area (Å²) < 4.78 is 36.4. The van der Waals surface area contributed by atoms with Gasteiger partial charge in [-0.1, -0.05) is 13.8 Å². The molecular weight excluding hydrogens is 193 g/mol. The highest BCUT2D eigenvalue weighted by molar-refractivity contribution is 5.05. The standard InChI is InChI=1S/C9H13F3N2/c1-6(2)3-4-8-13-5-7(14-8)9(10,11)12/h5-6H,3-4H2,1-2H3,(H,13,14). The van der Waals surface area contributed by atoms with E-state index in [0.29, 0.717) is 18.2 Å². The second-order valence-corrected chi connectivity index (χ2v) is 3.67. The quantitative estimate of drug-likeness (QED) is 0.809. The molecule has 80 valence electrons. The highest BCUT2D eigenvalue weighted by Crippen LogP contribution is 2.27. The van der Waals surface area contributed by atoms with Crippen molar-refractivity contribution >= 4 is 0 Å². The predicted octanol–water partition coefficient (Wildman–Crippen LogP) is 3.02. The minimum Gasteiger partial charge on any atom is -0.338 e. The maximum atomic E-state index is 12.1. The molecule has 1 heterocycles. The minimum atomic E-state index is -4.32. The lowest BCUT2D eigenvalue weighted by Crippen LogP contribution is -2.05. The van der Waals surface area contributed by atoms with Crippen molar-refractivity contribution in [1.29, 1.82) is 0 Å². The Morgan fingerprint density at radius 2 is 2.07 bits per heavy atom. The fourth-order valence-electron chi connectivity index (χ4n) is 1.06. The van der Waals surface area contributed by atoms with Crippen LogP contribution in [0.25, 0.3) is 0 Å². The Kier molecular flexibility index (Phi) is 3.18. The zero-order chi connectivity index (χ0) is 10.8. The zero-order valence-corrected chi connectivity index (χ0v) is 8.15. The van der Waals surface area contributed by atoms with Crippen LogP contribution < -0.4 is 0 Å². The number of alkyl halides is 3. The molecule has 0 amide bonds. The molecule has 0 aromatic carbocycles. The van der Waals surface area contributed by atoms with Crippen LogP contribution in [-0.2, 0) is 12.6 Å². The van der Waals surface area contributed by atoms with E-state index >= 15 is 0 Å². The number of aromatic amines is 1. The van der Waals surface area contributed by atoms with Crippen molar-refractivity contribution in [3.8, 4) is 0 Å². The van der Waals surface area contributed by atoms with Crippen LogP contribution in [0.1, 0.15) is 31.8 Å². The van der Waals surface area contributed by atoms with E-state index in [4.69, 9.17) is 0 Å². The smallest absolute Gasteiger partial charge is 0.338 e. The van der Waals surface area contributed by atoms with Crippen molar-refractivity contribution < 1.29 is 13.2 Å². The van der Waals surface area contributed by atoms with E-state index in [2.05, 4.69) is 9.97 Å². The van der Waals surface area contributed by atoms with Gasteiger partial charge in [-0.2, -0.15) is 13.2 Å². The first kappa shape index (κ1) is 11.1. The maximum Gasteiger partial charge on any atom is 0.432 e. The number of H-pyrrole nitrogens is 1. The Morgan fingerprint density at radius 1 is 1.43 bits per heavy atom. The fraction of sp³-hybridized carbons (Fsp3) is 0.667. The first-order valence-corrected chi connectivity index (χ1v) is 4.50. The highest BCUT2D eigenvalue weighted by atomic mass is 19.4. The molecule has 0 bridgehead atoms. The van der Waals surface area contributed by atoms with Crippen molar-refractivity contribution in [3.05, 3.63) is 17.7 Å². The van der Waals surface area contributed by atoms with Crippen LogP contribution in [0.4, 0.5) is 13.2 Å². The Hall–Kier alpha value is -1.00. The average molecular weight is 206 g/mol. The Bertz CT molecular complexity index is 288. The summed E-state index contributed by atoms with van der Waals surface area (Å²) in [5.74, 6) is 0.875. The molecule has 14 heavy (non-hydrogen) atoms. The van der Waals surface area contributed by atoms with Gasteiger partial charge in [-0.3, -0.25) is 0 Å². The number of imidazole rings is 1. The van der Waals surface area contributed by atoms with Gasteiger partial charge in [-0.25, -0.2) is 4.98 Å². The predicted molar refractivity (Wildman–Crippen MR) is 46.7 cm³/mol. The van der Waals surface area contributed by atoms with Gasteiger partial charge >= 0.3 is 6.18 Å². The Morgan fingerprint density at radius 3 is 2.50 bits per heavy atom. The van der Waals surface area contributed by atoms with Crippen molar-refractivity contribution in [3.63, 3.8) is 0 Å². The van der Waals surface area contributed by atoms with Gasteiger partial charge in [-0.05, 0) is 12.3 Å². The molecule has 0 aliphatic rings. The van der Waals surface area contributed by atoms with Crippen LogP contribution in [0.5, 0.6) is 0 Å². The van der Waals surface area contributed by atoms with E-state index < -0.39 is 11.9 Å². The molecule has 0 saturated carbocycles. The third kappa shape index (κ3) is 3.05. The number of hydrogen-bond acceptors (Lipinski definition) is 1. The molecule has 0 unspecified atom stereocenters. The molecule has 1 aromatic rings. The molecule has 0 aliphatic heterocycles. The lowest BCUT2D eigenvalue weighted by Gasteiger charge is -2.02. The summed E-state index contributed by atoms with van der Waals surface area (Å²) >= 11 is 0. The van der Waals surface area contributed by atoms with E-state index in [-0.39, 0.29) is 0 Å². The topological polar surface area (TPSA) is 28.7 Å². The molecular formula is C9H13F3N2. The molecule has 0 fully saturated rings. The molecule has 1 aromatic heterocycles. The molecule has 1 N–H and O–H groups in total. The second-order valence-electron chi connectivity index (χ2n) is 3.67. The molecule has 1 rings (SSSR count). The summed E-state index contributed by atoms with van der Waals surface area (Å²) in [4.78, 5) is 5.95. The monoisotopic (exact) mass is 206 g/mol. The van der Waals surface area contributed by atoms with Gasteiger partial charge in [0.05, 0.1) is 6.20 Å². The van der Waals surface area contributed by atoms with Gasteiger partial charge in [0.1, 0.15) is 11.5 Å². The van der Waals surface area contributed by atoms with Crippen molar-refractivity contribution in [2.24, 2.45) is 5.92 Å². The first-order chi connectivity index (χ1) is 6.39. The van der Waals surface area contributed by atoms with Gasteiger partial charge in [0, 0.05) is 6.42 Å². The van der Waals surface area contributed by atoms with Gasteiger partial charge < -0.3 is 4.98 Å². The van der Waals surface area contributed by atoms with Crippen molar-refractivity contribution in [2.45, 2.75) is 32.9 Å². The van der Waals surface area contributed by atoms with Crippen LogP contribution in [0.3, 0.4) is 0 Å². The van der Waals surface area contributed by atoms with Crippen LogP contribution in [0.15, 0.2) is 6.20 Å². The number of hydrogen-bond donors (Lipinski definition) is 1. The van der Waals surface area contributed by atoms with Gasteiger partial charge in [-0.15, -0.1) is 0 Å². The maximum absolute atomic E-state index is 12.1. The van der Waals surface area contributed by atoms with Gasteiger partial charge in [0.15, 0.2) is 0 Å². The van der Waals surface area contributed by atoms with Crippen molar-refractivity contribution in [1.82, 2.24) is 9.97 Å². The minimum absolute atomic E-state index is 0.408. The summed E-state index contributed by atoms with van der Waals surface area (Å²) in [6, 6.07) is 0. The Labute approximate surface area is 80.5 Å². The van der Waals surface area contributed by atoms with E-state index in [0.717, 1.165) is 12.6 Å². The van der Waals surface area contributed by atoms with Gasteiger partial charge in [0.25, 0.3) is 0 Å². The van der Waals surface area contributed by atoms with Crippen LogP contribution >= 0.6 is 0 Å². The number of rotatable bonds is 3. The summed E-state index contributed by atoms with van der Waals surface area (Å²) in [7, 11) is 0. The lowest BCUT2D eigenvalue weighted by molar-refractivity contribution is -0.140. The van der Waals surface area contributed by atoms with E-state index in [1.165, 1.54) is 0 Å². The highest BCUT2D eigenvalue weighted by Gasteiger charge is 2.32. The zero-order valence-electron chi connectivity index (χ0n) is 8.15. The average Bonchev–Trinajstić information content (AvgIpc) is 2.47. The normalized spacial score (nSPS) is 12.4. The number of halogens is 3. The lowest BCUT2D eigenvalue weighted by atomic mass is 10.1. The molecule has 0 radical (unpaired) electrons. The summed E-state index contributed by atoms with van der Waals surface area (Å²) in [5, 5.41) is 0. The van der Waals surface area contributed by atoms with E-state index in [1.54, 1.807) is 0 Å². The summed E-state index contributed by atoms with van der Waals surface area (Å²) in [6.07, 6.45) is -2.07. The van der Waals surface area contributed by atoms with Crippen LogP contribution in [0, 0.1) is 5.92 Å². The number of aryl methyl sites for hydroxylation is 1. The fourth-order valence-corrected chi connectivity index (χ4v) is 1.06. The first-order valence-electron chi connectivity index (χ1n) is 4.50. The SMILES string of the molecule is CC(C)CCc1ncc(C(F)(F)F)[nH]1. The Balaban J connectivity index is 2.60. The summed E-state index contributed by atoms with van der Waals surface area (Å²) in [6.45, 7) is 4.04. The second kappa shape index (κ2) is 4.02. The van der Waals surface area contributed by atoms with E-state index in [1.807, 2.05) is 13.8 Å². The molecule has 2 nitrogen and oxygen atoms in total. The van der Waals surface area contributed by atoms with E-state index in [9.17, 15) is 13.2 Å². The largest absolute Gasteiger partial charge is 0.432 e. The summed E-state index contributed by atoms with van der Waals surface area (Å²) in [5.41, 5.74) is -0.767. The number of nitrogens with zero attached hydrogens (tertiary/aromatic N) is 1. The molecule has 0 atom stereocenters. The number of aromatic nitrogens is 2. The molecule has 0 spiro atoms. The molecule has 0 aliphatic carbocycles. The molecule has 5 heteroatoms. The number of nitrogens with one attached hydrogen (secondary N) is 1. The van der Waals surface area contributed by atoms with Gasteiger partial charge in [0.2, 0.25) is 0 Å². The molecule has 0 saturated heterocycles. The van der Waals surface area contributed by atoms with Crippen LogP contribution in [0.2, 0.25) is 0 Å². The third-order valence-corrected chi connectivity index (χ3v) is 1.89.